The van der Waals surface area contributed by atoms with Crippen molar-refractivity contribution in [1.29, 1.82) is 0 Å². The van der Waals surface area contributed by atoms with Gasteiger partial charge in [-0.05, 0) is 59.2 Å². The van der Waals surface area contributed by atoms with Gasteiger partial charge in [-0.2, -0.15) is 0 Å². The lowest BCUT2D eigenvalue weighted by Crippen LogP contribution is -2.27. The summed E-state index contributed by atoms with van der Waals surface area (Å²) in [6.07, 6.45) is 1.11. The number of nitrogens with one attached hydrogen (secondary N) is 2. The molecule has 4 aromatic rings. The quantitative estimate of drug-likeness (QED) is 0.338. The van der Waals surface area contributed by atoms with Crippen molar-refractivity contribution < 1.29 is 14.3 Å². The molecule has 2 unspecified atom stereocenters. The van der Waals surface area contributed by atoms with Crippen LogP contribution in [0, 0.1) is 0 Å². The van der Waals surface area contributed by atoms with Gasteiger partial charge in [0.05, 0.1) is 31.6 Å². The first kappa shape index (κ1) is 22.2. The van der Waals surface area contributed by atoms with Crippen LogP contribution < -0.4 is 20.1 Å². The van der Waals surface area contributed by atoms with Crippen molar-refractivity contribution in [3.05, 3.63) is 107 Å². The molecular formula is C31H28N2O3. The molecular weight excluding hydrogens is 448 g/mol. The molecule has 5 heteroatoms. The summed E-state index contributed by atoms with van der Waals surface area (Å²) in [5.41, 5.74) is 5.78. The van der Waals surface area contributed by atoms with E-state index in [0.717, 1.165) is 50.7 Å². The second-order valence-electron chi connectivity index (χ2n) is 9.38. The fourth-order valence-corrected chi connectivity index (χ4v) is 5.51. The Labute approximate surface area is 210 Å². The summed E-state index contributed by atoms with van der Waals surface area (Å²) < 4.78 is 11.1. The second kappa shape index (κ2) is 9.08. The zero-order chi connectivity index (χ0) is 24.6. The molecule has 2 atom stereocenters. The van der Waals surface area contributed by atoms with Gasteiger partial charge >= 0.3 is 0 Å². The maximum Gasteiger partial charge on any atom is 0.163 e. The van der Waals surface area contributed by atoms with Gasteiger partial charge < -0.3 is 20.1 Å². The van der Waals surface area contributed by atoms with Gasteiger partial charge in [0, 0.05) is 29.2 Å². The van der Waals surface area contributed by atoms with Crippen LogP contribution in [0.4, 0.5) is 11.4 Å². The van der Waals surface area contributed by atoms with Gasteiger partial charge in [-0.15, -0.1) is 0 Å². The maximum atomic E-state index is 13.9. The molecule has 1 aliphatic heterocycles. The van der Waals surface area contributed by atoms with E-state index < -0.39 is 0 Å². The molecule has 0 fully saturated rings. The molecule has 2 aliphatic rings. The Morgan fingerprint density at radius 3 is 2.36 bits per heavy atom. The van der Waals surface area contributed by atoms with Crippen molar-refractivity contribution >= 4 is 27.9 Å². The molecule has 1 heterocycles. The van der Waals surface area contributed by atoms with Crippen LogP contribution in [0.5, 0.6) is 11.5 Å². The van der Waals surface area contributed by atoms with Gasteiger partial charge in [-0.3, -0.25) is 4.79 Å². The number of para-hydroxylation sites is 2. The third kappa shape index (κ3) is 3.87. The van der Waals surface area contributed by atoms with Crippen molar-refractivity contribution in [2.45, 2.75) is 24.8 Å². The van der Waals surface area contributed by atoms with E-state index in [0.29, 0.717) is 12.8 Å². The summed E-state index contributed by atoms with van der Waals surface area (Å²) in [4.78, 5) is 13.9. The molecule has 2 N–H and O–H groups in total. The number of carbonyl (C=O) groups excluding carboxylic acids is 1. The molecule has 0 spiro atoms. The molecule has 0 amide bonds. The highest BCUT2D eigenvalue weighted by Gasteiger charge is 2.37. The number of allylic oxidation sites excluding steroid dienone is 1. The smallest absolute Gasteiger partial charge is 0.163 e. The molecule has 0 bridgehead atoms. The lowest BCUT2D eigenvalue weighted by Gasteiger charge is -2.30. The van der Waals surface area contributed by atoms with Crippen molar-refractivity contribution in [2.24, 2.45) is 0 Å². The summed E-state index contributed by atoms with van der Waals surface area (Å²) in [6, 6.07) is 28.5. The summed E-state index contributed by atoms with van der Waals surface area (Å²) in [7, 11) is 3.32. The Morgan fingerprint density at radius 2 is 1.56 bits per heavy atom. The lowest BCUT2D eigenvalue weighted by molar-refractivity contribution is -0.116. The van der Waals surface area contributed by atoms with Gasteiger partial charge in [-0.25, -0.2) is 0 Å². The van der Waals surface area contributed by atoms with E-state index in [-0.39, 0.29) is 17.7 Å². The average molecular weight is 477 g/mol. The lowest BCUT2D eigenvalue weighted by atomic mass is 9.78. The van der Waals surface area contributed by atoms with Gasteiger partial charge in [0.1, 0.15) is 11.5 Å². The van der Waals surface area contributed by atoms with Crippen LogP contribution >= 0.6 is 0 Å². The second-order valence-corrected chi connectivity index (χ2v) is 9.38. The molecule has 4 aromatic carbocycles. The Hall–Kier alpha value is -4.25. The Kier molecular flexibility index (Phi) is 5.61. The maximum absolute atomic E-state index is 13.9. The normalized spacial score (nSPS) is 19.0. The first-order valence-electron chi connectivity index (χ1n) is 12.2. The Balaban J connectivity index is 1.47. The largest absolute Gasteiger partial charge is 0.497 e. The standard InChI is InChI=1S/C31H28N2O3/c1-35-23-13-14-29(36-2)24(18-23)22-16-27-30(28(34)17-22)31(33-26-10-6-5-9-25(26)32-27)21-12-11-19-7-3-4-8-20(19)15-21/h3-15,18,22,31-33H,16-17H2,1-2H3. The molecule has 0 radical (unpaired) electrons. The molecule has 5 nitrogen and oxygen atoms in total. The number of anilines is 2. The number of rotatable bonds is 4. The third-order valence-corrected chi connectivity index (χ3v) is 7.29. The number of fused-ring (bicyclic) bond motifs is 2. The average Bonchev–Trinajstić information content (AvgIpc) is 3.09. The fourth-order valence-electron chi connectivity index (χ4n) is 5.51. The van der Waals surface area contributed by atoms with Crippen molar-refractivity contribution in [3.8, 4) is 11.5 Å². The van der Waals surface area contributed by atoms with Gasteiger partial charge in [0.15, 0.2) is 5.78 Å². The Bertz CT molecular complexity index is 1510. The monoisotopic (exact) mass is 476 g/mol. The summed E-state index contributed by atoms with van der Waals surface area (Å²) in [5.74, 6) is 1.65. The van der Waals surface area contributed by atoms with E-state index in [1.807, 2.05) is 42.5 Å². The van der Waals surface area contributed by atoms with Crippen LogP contribution in [-0.2, 0) is 4.79 Å². The summed E-state index contributed by atoms with van der Waals surface area (Å²) in [6.45, 7) is 0. The zero-order valence-electron chi connectivity index (χ0n) is 20.4. The number of ketones is 1. The van der Waals surface area contributed by atoms with Crippen LogP contribution in [0.25, 0.3) is 10.8 Å². The highest BCUT2D eigenvalue weighted by molar-refractivity contribution is 6.01. The first-order valence-corrected chi connectivity index (χ1v) is 12.2. The van der Waals surface area contributed by atoms with Crippen molar-refractivity contribution in [3.63, 3.8) is 0 Å². The van der Waals surface area contributed by atoms with Crippen LogP contribution in [-0.4, -0.2) is 20.0 Å². The van der Waals surface area contributed by atoms with Crippen LogP contribution in [0.2, 0.25) is 0 Å². The number of carbonyl (C=O) groups is 1. The predicted octanol–water partition coefficient (Wildman–Crippen LogP) is 6.84. The van der Waals surface area contributed by atoms with E-state index in [4.69, 9.17) is 9.47 Å². The number of hydrogen-bond donors (Lipinski definition) is 2. The summed E-state index contributed by atoms with van der Waals surface area (Å²) >= 11 is 0. The van der Waals surface area contributed by atoms with Gasteiger partial charge in [0.25, 0.3) is 0 Å². The number of benzene rings is 4. The highest BCUT2D eigenvalue weighted by atomic mass is 16.5. The minimum Gasteiger partial charge on any atom is -0.497 e. The van der Waals surface area contributed by atoms with Crippen LogP contribution in [0.1, 0.15) is 35.9 Å². The molecule has 0 saturated carbocycles. The van der Waals surface area contributed by atoms with E-state index >= 15 is 0 Å². The first-order chi connectivity index (χ1) is 17.6. The molecule has 0 aromatic heterocycles. The fraction of sp³-hybridized carbons (Fsp3) is 0.194. The third-order valence-electron chi connectivity index (χ3n) is 7.29. The number of hydrogen-bond acceptors (Lipinski definition) is 5. The molecule has 1 aliphatic carbocycles. The van der Waals surface area contributed by atoms with Crippen LogP contribution in [0.15, 0.2) is 96.2 Å². The van der Waals surface area contributed by atoms with Crippen LogP contribution in [0.3, 0.4) is 0 Å². The number of methoxy groups -OCH3 is 2. The minimum absolute atomic E-state index is 0.0173. The predicted molar refractivity (Wildman–Crippen MR) is 144 cm³/mol. The van der Waals surface area contributed by atoms with E-state index in [2.05, 4.69) is 53.1 Å². The van der Waals surface area contributed by atoms with E-state index in [1.54, 1.807) is 14.2 Å². The Morgan fingerprint density at radius 1 is 0.778 bits per heavy atom. The molecule has 36 heavy (non-hydrogen) atoms. The molecule has 180 valence electrons. The number of ether oxygens (including phenoxy) is 2. The number of Topliss-reactive ketones (excluding diaryl/α,β-unsaturated/α-hetero) is 1. The van der Waals surface area contributed by atoms with Gasteiger partial charge in [0.2, 0.25) is 0 Å². The molecule has 6 rings (SSSR count). The van der Waals surface area contributed by atoms with E-state index in [1.165, 1.54) is 5.39 Å². The van der Waals surface area contributed by atoms with Crippen molar-refractivity contribution in [2.75, 3.05) is 24.9 Å². The topological polar surface area (TPSA) is 59.6 Å². The highest BCUT2D eigenvalue weighted by Crippen LogP contribution is 2.46. The zero-order valence-corrected chi connectivity index (χ0v) is 20.4. The summed E-state index contributed by atoms with van der Waals surface area (Å²) in [5, 5.41) is 9.64. The SMILES string of the molecule is COc1ccc(OC)c(C2CC(=O)C3=C(C2)Nc2ccccc2NC3c2ccc3ccccc3c2)c1. The van der Waals surface area contributed by atoms with Crippen molar-refractivity contribution in [1.82, 2.24) is 0 Å². The molecule has 0 saturated heterocycles. The minimum atomic E-state index is -0.249. The van der Waals surface area contributed by atoms with E-state index in [9.17, 15) is 4.79 Å². The van der Waals surface area contributed by atoms with Gasteiger partial charge in [-0.1, -0.05) is 48.5 Å².